The van der Waals surface area contributed by atoms with Crippen molar-refractivity contribution in [3.8, 4) is 0 Å². The van der Waals surface area contributed by atoms with Gasteiger partial charge in [0.05, 0.1) is 12.7 Å². The molecule has 0 bridgehead atoms. The first-order chi connectivity index (χ1) is 12.8. The highest BCUT2D eigenvalue weighted by Gasteiger charge is 2.16. The second kappa shape index (κ2) is 10.2. The van der Waals surface area contributed by atoms with Crippen LogP contribution in [0.1, 0.15) is 17.5 Å². The first-order valence-corrected chi connectivity index (χ1v) is 10.7. The summed E-state index contributed by atoms with van der Waals surface area (Å²) in [5.41, 5.74) is 1.87. The maximum Gasteiger partial charge on any atom is 0.224 e. The Bertz CT molecular complexity index is 824. The van der Waals surface area contributed by atoms with Crippen LogP contribution in [0.25, 0.3) is 0 Å². The van der Waals surface area contributed by atoms with Crippen molar-refractivity contribution in [2.45, 2.75) is 19.3 Å². The number of amides is 1. The van der Waals surface area contributed by atoms with Gasteiger partial charge in [0.25, 0.3) is 0 Å². The fourth-order valence-electron chi connectivity index (χ4n) is 2.72. The number of sulfonamides is 1. The summed E-state index contributed by atoms with van der Waals surface area (Å²) in [6.45, 7) is 0.864. The molecule has 2 rings (SSSR count). The zero-order valence-electron chi connectivity index (χ0n) is 15.4. The number of nitrogens with zero attached hydrogens (tertiary/aromatic N) is 1. The standard InChI is InChI=1S/C20H25FN2O3S/c1-27(25,26)23(14-5-8-17-6-3-2-4-7-17)15-13-22-20(24)16-18-9-11-19(21)12-10-18/h2-4,6-7,9-12H,5,8,13-16H2,1H3,(H,22,24). The predicted molar refractivity (Wildman–Crippen MR) is 104 cm³/mol. The summed E-state index contributed by atoms with van der Waals surface area (Å²) in [5.74, 6) is -0.571. The molecule has 0 heterocycles. The van der Waals surface area contributed by atoms with Crippen LogP contribution in [0.5, 0.6) is 0 Å². The van der Waals surface area contributed by atoms with Crippen molar-refractivity contribution in [1.29, 1.82) is 0 Å². The van der Waals surface area contributed by atoms with Gasteiger partial charge in [-0.25, -0.2) is 17.1 Å². The minimum Gasteiger partial charge on any atom is -0.354 e. The van der Waals surface area contributed by atoms with E-state index in [0.29, 0.717) is 18.5 Å². The summed E-state index contributed by atoms with van der Waals surface area (Å²) in [4.78, 5) is 12.0. The van der Waals surface area contributed by atoms with Crippen molar-refractivity contribution in [1.82, 2.24) is 9.62 Å². The average Bonchev–Trinajstić information content (AvgIpc) is 2.62. The normalized spacial score (nSPS) is 11.5. The van der Waals surface area contributed by atoms with Gasteiger partial charge in [-0.2, -0.15) is 0 Å². The molecule has 0 atom stereocenters. The Balaban J connectivity index is 1.76. The molecule has 0 saturated heterocycles. The van der Waals surface area contributed by atoms with Gasteiger partial charge in [0.1, 0.15) is 5.82 Å². The van der Waals surface area contributed by atoms with Crippen molar-refractivity contribution >= 4 is 15.9 Å². The molecular formula is C20H25FN2O3S. The van der Waals surface area contributed by atoms with E-state index in [1.165, 1.54) is 28.3 Å². The van der Waals surface area contributed by atoms with E-state index in [9.17, 15) is 17.6 Å². The highest BCUT2D eigenvalue weighted by atomic mass is 32.2. The summed E-state index contributed by atoms with van der Waals surface area (Å²) in [5, 5.41) is 2.72. The lowest BCUT2D eigenvalue weighted by Gasteiger charge is -2.20. The smallest absolute Gasteiger partial charge is 0.224 e. The van der Waals surface area contributed by atoms with Crippen molar-refractivity contribution in [2.24, 2.45) is 0 Å². The molecule has 0 aliphatic carbocycles. The van der Waals surface area contributed by atoms with Crippen LogP contribution in [0, 0.1) is 5.82 Å². The SMILES string of the molecule is CS(=O)(=O)N(CCCc1ccccc1)CCNC(=O)Cc1ccc(F)cc1. The van der Waals surface area contributed by atoms with Gasteiger partial charge in [-0.15, -0.1) is 0 Å². The Kier molecular flexibility index (Phi) is 7.94. The molecule has 1 N–H and O–H groups in total. The van der Waals surface area contributed by atoms with Crippen LogP contribution in [0.3, 0.4) is 0 Å². The number of carbonyl (C=O) groups is 1. The molecule has 0 saturated carbocycles. The molecule has 0 radical (unpaired) electrons. The van der Waals surface area contributed by atoms with E-state index in [-0.39, 0.29) is 31.2 Å². The van der Waals surface area contributed by atoms with E-state index < -0.39 is 10.0 Å². The van der Waals surface area contributed by atoms with Crippen molar-refractivity contribution in [3.05, 3.63) is 71.5 Å². The molecule has 2 aromatic carbocycles. The number of hydrogen-bond donors (Lipinski definition) is 1. The third-order valence-electron chi connectivity index (χ3n) is 4.15. The van der Waals surface area contributed by atoms with E-state index in [0.717, 1.165) is 6.42 Å². The number of carbonyl (C=O) groups excluding carboxylic acids is 1. The van der Waals surface area contributed by atoms with Gasteiger partial charge in [0.15, 0.2) is 0 Å². The molecular weight excluding hydrogens is 367 g/mol. The second-order valence-electron chi connectivity index (χ2n) is 6.40. The van der Waals surface area contributed by atoms with Crippen LogP contribution in [0.15, 0.2) is 54.6 Å². The van der Waals surface area contributed by atoms with Gasteiger partial charge in [-0.1, -0.05) is 42.5 Å². The predicted octanol–water partition coefficient (Wildman–Crippen LogP) is 2.38. The molecule has 1 amide bonds. The Morgan fingerprint density at radius 2 is 1.67 bits per heavy atom. The Labute approximate surface area is 160 Å². The summed E-state index contributed by atoms with van der Waals surface area (Å²) >= 11 is 0. The van der Waals surface area contributed by atoms with E-state index in [2.05, 4.69) is 5.32 Å². The van der Waals surface area contributed by atoms with Crippen molar-refractivity contribution < 1.29 is 17.6 Å². The lowest BCUT2D eigenvalue weighted by atomic mass is 10.1. The fourth-order valence-corrected chi connectivity index (χ4v) is 3.60. The zero-order valence-corrected chi connectivity index (χ0v) is 16.2. The molecule has 27 heavy (non-hydrogen) atoms. The Morgan fingerprint density at radius 3 is 2.30 bits per heavy atom. The number of benzene rings is 2. The second-order valence-corrected chi connectivity index (χ2v) is 8.39. The highest BCUT2D eigenvalue weighted by Crippen LogP contribution is 2.06. The maximum absolute atomic E-state index is 12.9. The quantitative estimate of drug-likeness (QED) is 0.675. The highest BCUT2D eigenvalue weighted by molar-refractivity contribution is 7.88. The Hall–Kier alpha value is -2.25. The number of halogens is 1. The first-order valence-electron chi connectivity index (χ1n) is 8.85. The van der Waals surface area contributed by atoms with E-state index in [1.54, 1.807) is 12.1 Å². The molecule has 0 spiro atoms. The summed E-state index contributed by atoms with van der Waals surface area (Å²) < 4.78 is 38.2. The molecule has 5 nitrogen and oxygen atoms in total. The van der Waals surface area contributed by atoms with Crippen molar-refractivity contribution in [3.63, 3.8) is 0 Å². The minimum atomic E-state index is -3.34. The molecule has 0 fully saturated rings. The van der Waals surface area contributed by atoms with Crippen LogP contribution in [-0.2, 0) is 27.7 Å². The zero-order chi connectivity index (χ0) is 19.7. The third-order valence-corrected chi connectivity index (χ3v) is 5.45. The summed E-state index contributed by atoms with van der Waals surface area (Å²) in [6.07, 6.45) is 2.81. The van der Waals surface area contributed by atoms with E-state index >= 15 is 0 Å². The van der Waals surface area contributed by atoms with Crippen LogP contribution in [0.4, 0.5) is 4.39 Å². The van der Waals surface area contributed by atoms with Gasteiger partial charge >= 0.3 is 0 Å². The van der Waals surface area contributed by atoms with Crippen molar-refractivity contribution in [2.75, 3.05) is 25.9 Å². The van der Waals surface area contributed by atoms with Crippen LogP contribution in [0.2, 0.25) is 0 Å². The molecule has 146 valence electrons. The molecule has 2 aromatic rings. The largest absolute Gasteiger partial charge is 0.354 e. The number of hydrogen-bond acceptors (Lipinski definition) is 3. The maximum atomic E-state index is 12.9. The third kappa shape index (κ3) is 7.88. The number of aryl methyl sites for hydroxylation is 1. The van der Waals surface area contributed by atoms with Crippen LogP contribution >= 0.6 is 0 Å². The van der Waals surface area contributed by atoms with E-state index in [1.807, 2.05) is 30.3 Å². The summed E-state index contributed by atoms with van der Waals surface area (Å²) in [7, 11) is -3.34. The fraction of sp³-hybridized carbons (Fsp3) is 0.350. The molecule has 0 aliphatic rings. The van der Waals surface area contributed by atoms with Gasteiger partial charge in [-0.3, -0.25) is 4.79 Å². The number of rotatable bonds is 10. The lowest BCUT2D eigenvalue weighted by molar-refractivity contribution is -0.120. The lowest BCUT2D eigenvalue weighted by Crippen LogP contribution is -2.39. The van der Waals surface area contributed by atoms with Gasteiger partial charge in [-0.05, 0) is 36.1 Å². The molecule has 0 aromatic heterocycles. The van der Waals surface area contributed by atoms with Gasteiger partial charge in [0.2, 0.25) is 15.9 Å². The number of nitrogens with one attached hydrogen (secondary N) is 1. The van der Waals surface area contributed by atoms with Gasteiger partial charge in [0, 0.05) is 19.6 Å². The topological polar surface area (TPSA) is 66.5 Å². The molecule has 0 aliphatic heterocycles. The molecule has 7 heteroatoms. The minimum absolute atomic E-state index is 0.132. The van der Waals surface area contributed by atoms with E-state index in [4.69, 9.17) is 0 Å². The molecule has 0 unspecified atom stereocenters. The average molecular weight is 392 g/mol. The first kappa shape index (κ1) is 21.1. The van der Waals surface area contributed by atoms with Gasteiger partial charge < -0.3 is 5.32 Å². The monoisotopic (exact) mass is 392 g/mol. The Morgan fingerprint density at radius 1 is 1.00 bits per heavy atom. The summed E-state index contributed by atoms with van der Waals surface area (Å²) in [6, 6.07) is 15.6. The van der Waals surface area contributed by atoms with Crippen LogP contribution < -0.4 is 5.32 Å². The van der Waals surface area contributed by atoms with Crippen LogP contribution in [-0.4, -0.2) is 44.5 Å².